The van der Waals surface area contributed by atoms with Gasteiger partial charge < -0.3 is 9.30 Å². The number of nitrogens with zero attached hydrogens (tertiary/aromatic N) is 7. The number of benzene rings is 2. The van der Waals surface area contributed by atoms with Gasteiger partial charge in [-0.05, 0) is 54.6 Å². The molecule has 0 amide bonds. The Morgan fingerprint density at radius 3 is 2.77 bits per heavy atom. The maximum atomic E-state index is 5.87. The Balaban J connectivity index is 1.20. The van der Waals surface area contributed by atoms with Crippen LogP contribution in [-0.4, -0.2) is 59.6 Å². The zero-order chi connectivity index (χ0) is 26.7. The topological polar surface area (TPSA) is 89.7 Å². The fourth-order valence-electron chi connectivity index (χ4n) is 6.02. The largest absolute Gasteiger partial charge is 0.496 e. The van der Waals surface area contributed by atoms with E-state index in [2.05, 4.69) is 57.9 Å². The summed E-state index contributed by atoms with van der Waals surface area (Å²) in [5.74, 6) is 3.98. The highest BCUT2D eigenvalue weighted by Crippen LogP contribution is 2.45. The van der Waals surface area contributed by atoms with E-state index in [4.69, 9.17) is 19.8 Å². The van der Waals surface area contributed by atoms with Crippen molar-refractivity contribution in [1.82, 2.24) is 39.4 Å². The minimum absolute atomic E-state index is 0.618. The predicted octanol–water partition coefficient (Wildman–Crippen LogP) is 4.61. The number of hydrogen-bond acceptors (Lipinski definition) is 6. The van der Waals surface area contributed by atoms with Gasteiger partial charge in [-0.2, -0.15) is 10.2 Å². The number of aromatic amines is 1. The van der Waals surface area contributed by atoms with Crippen LogP contribution in [0.3, 0.4) is 0 Å². The van der Waals surface area contributed by atoms with E-state index in [1.54, 1.807) is 7.11 Å². The molecule has 0 atom stereocenters. The van der Waals surface area contributed by atoms with Crippen molar-refractivity contribution in [3.63, 3.8) is 0 Å². The number of nitrogens with one attached hydrogen (secondary N) is 1. The highest BCUT2D eigenvalue weighted by Gasteiger charge is 2.29. The molecule has 0 radical (unpaired) electrons. The Hall–Kier alpha value is -3.98. The molecular weight excluding hydrogens is 488 g/mol. The van der Waals surface area contributed by atoms with Gasteiger partial charge >= 0.3 is 0 Å². The van der Waals surface area contributed by atoms with Crippen molar-refractivity contribution in [3.05, 3.63) is 64.9 Å². The van der Waals surface area contributed by atoms with Gasteiger partial charge in [0.15, 0.2) is 5.82 Å². The summed E-state index contributed by atoms with van der Waals surface area (Å²) in [4.78, 5) is 12.5. The van der Waals surface area contributed by atoms with Crippen LogP contribution in [0, 0.1) is 0 Å². The van der Waals surface area contributed by atoms with E-state index in [1.165, 1.54) is 40.7 Å². The molecule has 2 aromatic carbocycles. The average molecular weight is 523 g/mol. The van der Waals surface area contributed by atoms with Crippen LogP contribution in [0.1, 0.15) is 54.0 Å². The first-order valence-corrected chi connectivity index (χ1v) is 13.8. The van der Waals surface area contributed by atoms with E-state index in [9.17, 15) is 0 Å². The number of likely N-dealkylation sites (N-methyl/N-ethyl adjacent to an activating group) is 1. The molecule has 1 N–H and O–H groups in total. The second-order valence-electron chi connectivity index (χ2n) is 10.8. The van der Waals surface area contributed by atoms with Crippen molar-refractivity contribution in [2.45, 2.75) is 45.1 Å². The van der Waals surface area contributed by atoms with E-state index < -0.39 is 0 Å². The average Bonchev–Trinajstić information content (AvgIpc) is 3.42. The van der Waals surface area contributed by atoms with Crippen LogP contribution < -0.4 is 4.74 Å². The Bertz CT molecular complexity index is 1690. The van der Waals surface area contributed by atoms with Crippen LogP contribution >= 0.6 is 0 Å². The normalized spacial score (nSPS) is 15.7. The van der Waals surface area contributed by atoms with Crippen molar-refractivity contribution in [2.75, 3.05) is 20.2 Å². The van der Waals surface area contributed by atoms with Gasteiger partial charge in [-0.25, -0.2) is 9.97 Å². The van der Waals surface area contributed by atoms with Crippen LogP contribution in [0.4, 0.5) is 0 Å². The first-order chi connectivity index (χ1) is 19.0. The second-order valence-corrected chi connectivity index (χ2v) is 10.8. The lowest BCUT2D eigenvalue weighted by molar-refractivity contribution is 0.260. The summed E-state index contributed by atoms with van der Waals surface area (Å²) >= 11 is 0. The summed E-state index contributed by atoms with van der Waals surface area (Å²) in [6, 6.07) is 10.5. The van der Waals surface area contributed by atoms with Crippen molar-refractivity contribution in [2.24, 2.45) is 14.1 Å². The molecular formula is C30H34N8O. The first-order valence-electron chi connectivity index (χ1n) is 13.8. The van der Waals surface area contributed by atoms with Gasteiger partial charge in [0.2, 0.25) is 0 Å². The standard InChI is InChI=1S/C30H34N8O/c1-5-38-13-12-24-25(17-38)36(2)30(32-24)21-10-8-20(14-26(21)39-4)29-33-27(37(3)35-29)15-19-9-11-23-22(16-31-34-23)28(19)18-6-7-18/h8-11,14,16,18H,5-7,12-13,15,17H2,1-4H3,(H,31,34). The number of imidazole rings is 1. The highest BCUT2D eigenvalue weighted by molar-refractivity contribution is 5.84. The van der Waals surface area contributed by atoms with Gasteiger partial charge in [0.25, 0.3) is 0 Å². The molecule has 4 heterocycles. The van der Waals surface area contributed by atoms with Gasteiger partial charge in [0.1, 0.15) is 17.4 Å². The molecule has 7 rings (SSSR count). The molecule has 2 aliphatic rings. The molecule has 9 nitrogen and oxygen atoms in total. The molecule has 1 fully saturated rings. The fraction of sp³-hybridized carbons (Fsp3) is 0.400. The smallest absolute Gasteiger partial charge is 0.181 e. The number of aromatic nitrogens is 7. The summed E-state index contributed by atoms with van der Waals surface area (Å²) in [5.41, 5.74) is 8.22. The van der Waals surface area contributed by atoms with E-state index in [1.807, 2.05) is 24.0 Å². The van der Waals surface area contributed by atoms with Crippen molar-refractivity contribution >= 4 is 10.9 Å². The molecule has 0 saturated heterocycles. The minimum atomic E-state index is 0.618. The van der Waals surface area contributed by atoms with E-state index in [-0.39, 0.29) is 0 Å². The van der Waals surface area contributed by atoms with Crippen molar-refractivity contribution in [1.29, 1.82) is 0 Å². The molecule has 1 saturated carbocycles. The number of aryl methyl sites for hydroxylation is 1. The van der Waals surface area contributed by atoms with E-state index in [0.29, 0.717) is 11.7 Å². The molecule has 0 spiro atoms. The van der Waals surface area contributed by atoms with Gasteiger partial charge in [-0.1, -0.05) is 19.1 Å². The number of methoxy groups -OCH3 is 1. The minimum Gasteiger partial charge on any atom is -0.496 e. The van der Waals surface area contributed by atoms with Crippen LogP contribution in [0.2, 0.25) is 0 Å². The number of H-pyrrole nitrogens is 1. The maximum absolute atomic E-state index is 5.87. The van der Waals surface area contributed by atoms with E-state index >= 15 is 0 Å². The van der Waals surface area contributed by atoms with E-state index in [0.717, 1.165) is 66.5 Å². The molecule has 0 bridgehead atoms. The molecule has 9 heteroatoms. The highest BCUT2D eigenvalue weighted by atomic mass is 16.5. The predicted molar refractivity (Wildman–Crippen MR) is 151 cm³/mol. The summed E-state index contributed by atoms with van der Waals surface area (Å²) in [6.45, 7) is 5.26. The lowest BCUT2D eigenvalue weighted by Gasteiger charge is -2.25. The van der Waals surface area contributed by atoms with Gasteiger partial charge in [0.05, 0.1) is 35.8 Å². The number of fused-ring (bicyclic) bond motifs is 2. The SMILES string of the molecule is CCN1CCc2nc(-c3ccc(-c4nc(Cc5ccc6[nH]ncc6c5C5CC5)n(C)n4)cc3OC)n(C)c2C1. The van der Waals surface area contributed by atoms with Gasteiger partial charge in [0, 0.05) is 51.0 Å². The molecule has 1 aliphatic carbocycles. The Morgan fingerprint density at radius 1 is 1.10 bits per heavy atom. The molecule has 1 aliphatic heterocycles. The van der Waals surface area contributed by atoms with Crippen LogP contribution in [0.15, 0.2) is 36.5 Å². The third kappa shape index (κ3) is 4.12. The quantitative estimate of drug-likeness (QED) is 0.336. The molecule has 200 valence electrons. The monoisotopic (exact) mass is 522 g/mol. The van der Waals surface area contributed by atoms with Gasteiger partial charge in [-0.3, -0.25) is 14.7 Å². The summed E-state index contributed by atoms with van der Waals surface area (Å²) in [7, 11) is 5.80. The zero-order valence-electron chi connectivity index (χ0n) is 23.0. The second kappa shape index (κ2) is 9.34. The first kappa shape index (κ1) is 24.1. The lowest BCUT2D eigenvalue weighted by Crippen LogP contribution is -2.31. The number of ether oxygens (including phenoxy) is 1. The van der Waals surface area contributed by atoms with Crippen molar-refractivity contribution < 1.29 is 4.74 Å². The third-order valence-electron chi connectivity index (χ3n) is 8.43. The van der Waals surface area contributed by atoms with Crippen LogP contribution in [0.5, 0.6) is 5.75 Å². The number of rotatable bonds is 7. The van der Waals surface area contributed by atoms with Crippen LogP contribution in [0.25, 0.3) is 33.7 Å². The summed E-state index contributed by atoms with van der Waals surface area (Å²) in [6.07, 6.45) is 6.15. The molecule has 5 aromatic rings. The van der Waals surface area contributed by atoms with Crippen molar-refractivity contribution in [3.8, 4) is 28.5 Å². The zero-order valence-corrected chi connectivity index (χ0v) is 23.0. The number of hydrogen-bond donors (Lipinski definition) is 1. The molecule has 3 aromatic heterocycles. The molecule has 0 unspecified atom stereocenters. The Morgan fingerprint density at radius 2 is 1.97 bits per heavy atom. The summed E-state index contributed by atoms with van der Waals surface area (Å²) < 4.78 is 9.99. The fourth-order valence-corrected chi connectivity index (χ4v) is 6.02. The Labute approximate surface area is 227 Å². The maximum Gasteiger partial charge on any atom is 0.181 e. The van der Waals surface area contributed by atoms with Crippen LogP contribution in [-0.2, 0) is 33.5 Å². The molecule has 39 heavy (non-hydrogen) atoms. The summed E-state index contributed by atoms with van der Waals surface area (Å²) in [5, 5.41) is 13.4. The van der Waals surface area contributed by atoms with Gasteiger partial charge in [-0.15, -0.1) is 0 Å². The lowest BCUT2D eigenvalue weighted by atomic mass is 9.96. The Kier molecular flexibility index (Phi) is 5.77. The third-order valence-corrected chi connectivity index (χ3v) is 8.43.